The number of nitrogens with one attached hydrogen (secondary N) is 2. The fraction of sp³-hybridized carbons (Fsp3) is 0.632. The fourth-order valence-electron chi connectivity index (χ4n) is 3.33. The highest BCUT2D eigenvalue weighted by Gasteiger charge is 2.34. The highest BCUT2D eigenvalue weighted by molar-refractivity contribution is 5.75. The summed E-state index contributed by atoms with van der Waals surface area (Å²) >= 11 is 0. The van der Waals surface area contributed by atoms with Crippen molar-refractivity contribution in [2.75, 3.05) is 26.7 Å². The summed E-state index contributed by atoms with van der Waals surface area (Å²) in [6.45, 7) is 4.28. The van der Waals surface area contributed by atoms with Crippen LogP contribution in [0.3, 0.4) is 0 Å². The molecule has 1 aromatic rings. The first-order valence-electron chi connectivity index (χ1n) is 9.08. The topological polar surface area (TPSA) is 53.6 Å². The molecule has 2 fully saturated rings. The van der Waals surface area contributed by atoms with Gasteiger partial charge in [0, 0.05) is 26.2 Å². The Hall–Kier alpha value is -1.59. The third-order valence-corrected chi connectivity index (χ3v) is 4.94. The molecule has 0 aromatic heterocycles. The van der Waals surface area contributed by atoms with E-state index in [1.807, 2.05) is 0 Å². The van der Waals surface area contributed by atoms with Crippen LogP contribution in [0.1, 0.15) is 36.8 Å². The Balaban J connectivity index is 1.49. The highest BCUT2D eigenvalue weighted by Crippen LogP contribution is 2.29. The lowest BCUT2D eigenvalue weighted by molar-refractivity contribution is 0.175. The molecule has 1 aromatic carbocycles. The van der Waals surface area contributed by atoms with Crippen molar-refractivity contribution in [3.8, 4) is 0 Å². The van der Waals surface area contributed by atoms with Crippen molar-refractivity contribution < 1.29 is 9.53 Å². The van der Waals surface area contributed by atoms with Crippen LogP contribution in [0.25, 0.3) is 0 Å². The molecule has 5 heteroatoms. The number of methoxy groups -OCH3 is 1. The van der Waals surface area contributed by atoms with Crippen LogP contribution in [0.15, 0.2) is 24.3 Å². The summed E-state index contributed by atoms with van der Waals surface area (Å²) in [5, 5.41) is 6.50. The van der Waals surface area contributed by atoms with Crippen LogP contribution in [0.2, 0.25) is 0 Å². The van der Waals surface area contributed by atoms with Gasteiger partial charge in [0.05, 0.1) is 6.61 Å². The van der Waals surface area contributed by atoms with Crippen LogP contribution in [0.4, 0.5) is 4.79 Å². The van der Waals surface area contributed by atoms with Crippen molar-refractivity contribution in [1.29, 1.82) is 0 Å². The molecule has 1 aliphatic heterocycles. The van der Waals surface area contributed by atoms with Crippen molar-refractivity contribution in [1.82, 2.24) is 15.5 Å². The van der Waals surface area contributed by atoms with E-state index in [2.05, 4.69) is 39.8 Å². The van der Waals surface area contributed by atoms with E-state index in [4.69, 9.17) is 4.74 Å². The summed E-state index contributed by atoms with van der Waals surface area (Å²) in [6, 6.07) is 8.78. The molecule has 0 radical (unpaired) electrons. The number of amides is 2. The lowest BCUT2D eigenvalue weighted by Crippen LogP contribution is -2.45. The molecule has 1 saturated carbocycles. The van der Waals surface area contributed by atoms with Gasteiger partial charge < -0.3 is 20.3 Å². The fourth-order valence-corrected chi connectivity index (χ4v) is 3.33. The Labute approximate surface area is 144 Å². The second-order valence-electron chi connectivity index (χ2n) is 6.99. The standard InChI is InChI=1S/C19H29N3O2/c1-24-14-17-4-2-15(3-5-17)12-21-19(23)22(18-6-7-18)13-16-8-10-20-11-9-16/h2-5,16,18,20H,6-14H2,1H3,(H,21,23). The predicted molar refractivity (Wildman–Crippen MR) is 94.7 cm³/mol. The third-order valence-electron chi connectivity index (χ3n) is 4.94. The summed E-state index contributed by atoms with van der Waals surface area (Å²) in [5.74, 6) is 0.644. The average Bonchev–Trinajstić information content (AvgIpc) is 3.45. The van der Waals surface area contributed by atoms with Crippen LogP contribution in [0.5, 0.6) is 0 Å². The number of carbonyl (C=O) groups excluding carboxylic acids is 1. The number of urea groups is 1. The number of hydrogen-bond donors (Lipinski definition) is 2. The van der Waals surface area contributed by atoms with Gasteiger partial charge in [-0.25, -0.2) is 4.79 Å². The van der Waals surface area contributed by atoms with Crippen LogP contribution in [-0.4, -0.2) is 43.7 Å². The van der Waals surface area contributed by atoms with E-state index in [1.54, 1.807) is 7.11 Å². The molecule has 2 N–H and O–H groups in total. The number of piperidine rings is 1. The van der Waals surface area contributed by atoms with E-state index >= 15 is 0 Å². The molecular weight excluding hydrogens is 302 g/mol. The molecule has 0 bridgehead atoms. The Bertz CT molecular complexity index is 522. The Morgan fingerprint density at radius 2 is 1.83 bits per heavy atom. The molecule has 2 amide bonds. The van der Waals surface area contributed by atoms with Crippen molar-refractivity contribution in [2.45, 2.75) is 44.9 Å². The van der Waals surface area contributed by atoms with E-state index in [0.717, 1.165) is 43.6 Å². The lowest BCUT2D eigenvalue weighted by Gasteiger charge is -2.30. The number of hydrogen-bond acceptors (Lipinski definition) is 3. The van der Waals surface area contributed by atoms with Gasteiger partial charge in [-0.2, -0.15) is 0 Å². The zero-order valence-electron chi connectivity index (χ0n) is 14.6. The number of ether oxygens (including phenoxy) is 1. The Morgan fingerprint density at radius 1 is 1.17 bits per heavy atom. The van der Waals surface area contributed by atoms with E-state index in [-0.39, 0.29) is 6.03 Å². The molecule has 24 heavy (non-hydrogen) atoms. The lowest BCUT2D eigenvalue weighted by atomic mass is 9.97. The maximum absolute atomic E-state index is 12.6. The molecule has 1 saturated heterocycles. The second kappa shape index (κ2) is 8.49. The quantitative estimate of drug-likeness (QED) is 0.807. The highest BCUT2D eigenvalue weighted by atomic mass is 16.5. The summed E-state index contributed by atoms with van der Waals surface area (Å²) < 4.78 is 5.12. The van der Waals surface area contributed by atoms with Crippen molar-refractivity contribution in [2.24, 2.45) is 5.92 Å². The molecule has 0 spiro atoms. The number of nitrogens with zero attached hydrogens (tertiary/aromatic N) is 1. The maximum Gasteiger partial charge on any atom is 0.317 e. The molecule has 3 rings (SSSR count). The molecule has 0 atom stereocenters. The van der Waals surface area contributed by atoms with Gasteiger partial charge in [0.2, 0.25) is 0 Å². The van der Waals surface area contributed by atoms with E-state index in [1.165, 1.54) is 12.8 Å². The van der Waals surface area contributed by atoms with Gasteiger partial charge >= 0.3 is 6.03 Å². The largest absolute Gasteiger partial charge is 0.380 e. The zero-order valence-corrected chi connectivity index (χ0v) is 14.6. The van der Waals surface area contributed by atoms with E-state index in [0.29, 0.717) is 25.1 Å². The van der Waals surface area contributed by atoms with Gasteiger partial charge in [0.1, 0.15) is 0 Å². The molecule has 1 heterocycles. The molecular formula is C19H29N3O2. The molecule has 5 nitrogen and oxygen atoms in total. The summed E-state index contributed by atoms with van der Waals surface area (Å²) in [5.41, 5.74) is 2.28. The number of carbonyl (C=O) groups is 1. The van der Waals surface area contributed by atoms with Crippen LogP contribution >= 0.6 is 0 Å². The first-order chi connectivity index (χ1) is 11.8. The third kappa shape index (κ3) is 4.95. The van der Waals surface area contributed by atoms with Gasteiger partial charge in [0.25, 0.3) is 0 Å². The first kappa shape index (κ1) is 17.2. The zero-order chi connectivity index (χ0) is 16.8. The number of rotatable bonds is 7. The van der Waals surface area contributed by atoms with E-state index in [9.17, 15) is 4.79 Å². The average molecular weight is 331 g/mol. The SMILES string of the molecule is COCc1ccc(CNC(=O)N(CC2CCNCC2)C2CC2)cc1. The minimum absolute atomic E-state index is 0.0944. The Kier molecular flexibility index (Phi) is 6.10. The van der Waals surface area contributed by atoms with Gasteiger partial charge in [0.15, 0.2) is 0 Å². The minimum atomic E-state index is 0.0944. The second-order valence-corrected chi connectivity index (χ2v) is 6.99. The maximum atomic E-state index is 12.6. The van der Waals surface area contributed by atoms with E-state index < -0.39 is 0 Å². The van der Waals surface area contributed by atoms with Crippen LogP contribution in [-0.2, 0) is 17.9 Å². The molecule has 132 valence electrons. The Morgan fingerprint density at radius 3 is 2.46 bits per heavy atom. The van der Waals surface area contributed by atoms with Crippen molar-refractivity contribution in [3.63, 3.8) is 0 Å². The van der Waals surface area contributed by atoms with Gasteiger partial charge in [-0.3, -0.25) is 0 Å². The first-order valence-corrected chi connectivity index (χ1v) is 9.08. The van der Waals surface area contributed by atoms with Crippen LogP contribution in [0, 0.1) is 5.92 Å². The monoisotopic (exact) mass is 331 g/mol. The van der Waals surface area contributed by atoms with Gasteiger partial charge in [-0.1, -0.05) is 24.3 Å². The van der Waals surface area contributed by atoms with Crippen molar-refractivity contribution >= 4 is 6.03 Å². The summed E-state index contributed by atoms with van der Waals surface area (Å²) in [4.78, 5) is 14.7. The molecule has 0 unspecified atom stereocenters. The number of benzene rings is 1. The van der Waals surface area contributed by atoms with Crippen LogP contribution < -0.4 is 10.6 Å². The van der Waals surface area contributed by atoms with Gasteiger partial charge in [-0.15, -0.1) is 0 Å². The summed E-state index contributed by atoms with van der Waals surface area (Å²) in [6.07, 6.45) is 4.67. The normalized spacial score (nSPS) is 18.4. The summed E-state index contributed by atoms with van der Waals surface area (Å²) in [7, 11) is 1.70. The van der Waals surface area contributed by atoms with Gasteiger partial charge in [-0.05, 0) is 55.8 Å². The minimum Gasteiger partial charge on any atom is -0.380 e. The smallest absolute Gasteiger partial charge is 0.317 e. The van der Waals surface area contributed by atoms with Crippen molar-refractivity contribution in [3.05, 3.63) is 35.4 Å². The molecule has 2 aliphatic rings. The predicted octanol–water partition coefficient (Wildman–Crippen LogP) is 2.51. The molecule has 1 aliphatic carbocycles.